The van der Waals surface area contributed by atoms with E-state index in [0.29, 0.717) is 18.4 Å². The Morgan fingerprint density at radius 2 is 1.72 bits per heavy atom. The smallest absolute Gasteiger partial charge is 0.223 e. The standard InChI is InChI=1S/C25H29N3O/c1-15-11-16(2)18(4)21(17(15)3)14-28-23-8-6-5-7-22(23)26-25(28)19-12-24(29)27(13-19)20-9-10-20/h5-8,11,19-20H,9-10,12-14H2,1-4H3. The minimum absolute atomic E-state index is 0.182. The number of likely N-dealkylation sites (tertiary alicyclic amines) is 1. The molecule has 1 atom stereocenters. The number of aryl methyl sites for hydroxylation is 2. The molecule has 4 nitrogen and oxygen atoms in total. The predicted molar refractivity (Wildman–Crippen MR) is 116 cm³/mol. The van der Waals surface area contributed by atoms with Gasteiger partial charge in [0.15, 0.2) is 0 Å². The quantitative estimate of drug-likeness (QED) is 0.645. The number of hydrogen-bond donors (Lipinski definition) is 0. The molecule has 2 heterocycles. The Bertz CT molecular complexity index is 1100. The molecule has 1 amide bonds. The Balaban J connectivity index is 1.61. The first kappa shape index (κ1) is 18.4. The average Bonchev–Trinajstić information content (AvgIpc) is 3.38. The van der Waals surface area contributed by atoms with Crippen molar-refractivity contribution in [1.29, 1.82) is 0 Å². The van der Waals surface area contributed by atoms with Gasteiger partial charge in [-0.15, -0.1) is 0 Å². The Morgan fingerprint density at radius 1 is 1.03 bits per heavy atom. The zero-order chi connectivity index (χ0) is 20.3. The summed E-state index contributed by atoms with van der Waals surface area (Å²) >= 11 is 0. The third kappa shape index (κ3) is 3.06. The summed E-state index contributed by atoms with van der Waals surface area (Å²) in [6.07, 6.45) is 2.91. The maximum Gasteiger partial charge on any atom is 0.223 e. The third-order valence-corrected chi connectivity index (χ3v) is 7.03. The molecule has 1 saturated carbocycles. The minimum atomic E-state index is 0.182. The van der Waals surface area contributed by atoms with E-state index in [4.69, 9.17) is 4.98 Å². The molecule has 4 heteroatoms. The van der Waals surface area contributed by atoms with Crippen LogP contribution in [-0.2, 0) is 11.3 Å². The summed E-state index contributed by atoms with van der Waals surface area (Å²) < 4.78 is 2.37. The highest BCUT2D eigenvalue weighted by atomic mass is 16.2. The first-order chi connectivity index (χ1) is 13.9. The first-order valence-electron chi connectivity index (χ1n) is 10.7. The summed E-state index contributed by atoms with van der Waals surface area (Å²) in [5.41, 5.74) is 8.97. The van der Waals surface area contributed by atoms with Gasteiger partial charge in [-0.1, -0.05) is 18.2 Å². The van der Waals surface area contributed by atoms with Gasteiger partial charge in [0.2, 0.25) is 5.91 Å². The molecule has 1 aliphatic heterocycles. The molecule has 2 fully saturated rings. The van der Waals surface area contributed by atoms with Crippen LogP contribution in [0.25, 0.3) is 11.0 Å². The largest absolute Gasteiger partial charge is 0.339 e. The van der Waals surface area contributed by atoms with Crippen molar-refractivity contribution in [3.63, 3.8) is 0 Å². The molecule has 0 radical (unpaired) electrons. The molecular formula is C25H29N3O. The second-order valence-electron chi connectivity index (χ2n) is 8.96. The van der Waals surface area contributed by atoms with Gasteiger partial charge < -0.3 is 9.47 Å². The van der Waals surface area contributed by atoms with Gasteiger partial charge >= 0.3 is 0 Å². The van der Waals surface area contributed by atoms with Gasteiger partial charge in [0, 0.05) is 31.5 Å². The molecule has 0 bridgehead atoms. The van der Waals surface area contributed by atoms with Crippen molar-refractivity contribution in [1.82, 2.24) is 14.5 Å². The van der Waals surface area contributed by atoms with Crippen LogP contribution in [0.5, 0.6) is 0 Å². The SMILES string of the molecule is Cc1cc(C)c(C)c(Cn2c(C3CC(=O)N(C4CC4)C3)nc3ccccc32)c1C. The number of nitrogens with zero attached hydrogens (tertiary/aromatic N) is 3. The monoisotopic (exact) mass is 387 g/mol. The minimum Gasteiger partial charge on any atom is -0.339 e. The number of carbonyl (C=O) groups is 1. The summed E-state index contributed by atoms with van der Waals surface area (Å²) in [7, 11) is 0. The lowest BCUT2D eigenvalue weighted by Gasteiger charge is -2.20. The average molecular weight is 388 g/mol. The van der Waals surface area contributed by atoms with Gasteiger partial charge in [-0.3, -0.25) is 4.79 Å². The van der Waals surface area contributed by atoms with Gasteiger partial charge in [0.1, 0.15) is 5.82 Å². The van der Waals surface area contributed by atoms with Crippen molar-refractivity contribution in [2.45, 2.75) is 65.5 Å². The molecule has 1 aliphatic carbocycles. The third-order valence-electron chi connectivity index (χ3n) is 7.03. The summed E-state index contributed by atoms with van der Waals surface area (Å²) in [5, 5.41) is 0. The maximum atomic E-state index is 12.6. The molecule has 0 spiro atoms. The molecule has 1 unspecified atom stereocenters. The fourth-order valence-corrected chi connectivity index (χ4v) is 4.91. The number of carbonyl (C=O) groups excluding carboxylic acids is 1. The maximum absolute atomic E-state index is 12.6. The van der Waals surface area contributed by atoms with Crippen LogP contribution in [0.4, 0.5) is 0 Å². The number of fused-ring (bicyclic) bond motifs is 1. The van der Waals surface area contributed by atoms with Gasteiger partial charge in [0.05, 0.1) is 11.0 Å². The molecular weight excluding hydrogens is 358 g/mol. The number of amides is 1. The lowest BCUT2D eigenvalue weighted by atomic mass is 9.94. The second kappa shape index (κ2) is 6.72. The summed E-state index contributed by atoms with van der Waals surface area (Å²) in [6, 6.07) is 11.1. The molecule has 150 valence electrons. The molecule has 3 aromatic rings. The Hall–Kier alpha value is -2.62. The van der Waals surface area contributed by atoms with Crippen molar-refractivity contribution < 1.29 is 4.79 Å². The lowest BCUT2D eigenvalue weighted by molar-refractivity contribution is -0.128. The fourth-order valence-electron chi connectivity index (χ4n) is 4.91. The van der Waals surface area contributed by atoms with Crippen molar-refractivity contribution in [2.24, 2.45) is 0 Å². The number of imidazole rings is 1. The Kier molecular flexibility index (Phi) is 4.27. The summed E-state index contributed by atoms with van der Waals surface area (Å²) in [6.45, 7) is 10.5. The fraction of sp³-hybridized carbons (Fsp3) is 0.440. The highest BCUT2D eigenvalue weighted by molar-refractivity contribution is 5.81. The topological polar surface area (TPSA) is 38.1 Å². The zero-order valence-electron chi connectivity index (χ0n) is 17.8. The molecule has 1 aromatic heterocycles. The van der Waals surface area contributed by atoms with Gasteiger partial charge in [-0.2, -0.15) is 0 Å². The molecule has 2 aliphatic rings. The van der Waals surface area contributed by atoms with Crippen molar-refractivity contribution in [3.8, 4) is 0 Å². The summed E-state index contributed by atoms with van der Waals surface area (Å²) in [5.74, 6) is 1.55. The molecule has 0 N–H and O–H groups in total. The van der Waals surface area contributed by atoms with Crippen LogP contribution >= 0.6 is 0 Å². The van der Waals surface area contributed by atoms with E-state index in [2.05, 4.69) is 61.4 Å². The number of hydrogen-bond acceptors (Lipinski definition) is 2. The van der Waals surface area contributed by atoms with E-state index in [-0.39, 0.29) is 5.92 Å². The van der Waals surface area contributed by atoms with Crippen molar-refractivity contribution >= 4 is 16.9 Å². The van der Waals surface area contributed by atoms with Crippen LogP contribution in [0.1, 0.15) is 58.8 Å². The lowest BCUT2D eigenvalue weighted by Crippen LogP contribution is -2.27. The summed E-state index contributed by atoms with van der Waals surface area (Å²) in [4.78, 5) is 19.7. The Labute approximate surface area is 172 Å². The first-order valence-corrected chi connectivity index (χ1v) is 10.7. The van der Waals surface area contributed by atoms with Crippen LogP contribution < -0.4 is 0 Å². The molecule has 2 aromatic carbocycles. The normalized spacial score (nSPS) is 19.5. The number of para-hydroxylation sites is 2. The number of benzene rings is 2. The second-order valence-corrected chi connectivity index (χ2v) is 8.96. The van der Waals surface area contributed by atoms with E-state index in [1.807, 2.05) is 6.07 Å². The van der Waals surface area contributed by atoms with E-state index in [0.717, 1.165) is 42.8 Å². The molecule has 29 heavy (non-hydrogen) atoms. The molecule has 5 rings (SSSR count). The van der Waals surface area contributed by atoms with E-state index in [9.17, 15) is 4.79 Å². The van der Waals surface area contributed by atoms with E-state index in [1.54, 1.807) is 0 Å². The van der Waals surface area contributed by atoms with Crippen LogP contribution in [0.2, 0.25) is 0 Å². The van der Waals surface area contributed by atoms with E-state index in [1.165, 1.54) is 27.8 Å². The highest BCUT2D eigenvalue weighted by Gasteiger charge is 2.41. The predicted octanol–water partition coefficient (Wildman–Crippen LogP) is 4.80. The van der Waals surface area contributed by atoms with Crippen LogP contribution in [0.3, 0.4) is 0 Å². The number of aromatic nitrogens is 2. The van der Waals surface area contributed by atoms with Crippen LogP contribution in [0, 0.1) is 27.7 Å². The highest BCUT2D eigenvalue weighted by Crippen LogP contribution is 2.37. The van der Waals surface area contributed by atoms with Gasteiger partial charge in [-0.25, -0.2) is 4.98 Å². The Morgan fingerprint density at radius 3 is 2.41 bits per heavy atom. The van der Waals surface area contributed by atoms with E-state index < -0.39 is 0 Å². The van der Waals surface area contributed by atoms with Crippen LogP contribution in [0.15, 0.2) is 30.3 Å². The van der Waals surface area contributed by atoms with Gasteiger partial charge in [0.25, 0.3) is 0 Å². The zero-order valence-corrected chi connectivity index (χ0v) is 17.8. The van der Waals surface area contributed by atoms with Crippen molar-refractivity contribution in [3.05, 3.63) is 64.0 Å². The van der Waals surface area contributed by atoms with Gasteiger partial charge in [-0.05, 0) is 80.5 Å². The van der Waals surface area contributed by atoms with Crippen molar-refractivity contribution in [2.75, 3.05) is 6.54 Å². The molecule has 1 saturated heterocycles. The van der Waals surface area contributed by atoms with E-state index >= 15 is 0 Å². The number of rotatable bonds is 4. The van der Waals surface area contributed by atoms with Crippen LogP contribution in [-0.4, -0.2) is 32.9 Å².